The van der Waals surface area contributed by atoms with Gasteiger partial charge in [0, 0.05) is 4.47 Å². The van der Waals surface area contributed by atoms with E-state index >= 15 is 0 Å². The van der Waals surface area contributed by atoms with Crippen LogP contribution in [0.3, 0.4) is 0 Å². The number of rotatable bonds is 3. The molecule has 5 heteroatoms. The van der Waals surface area contributed by atoms with Crippen LogP contribution in [0.1, 0.15) is 0 Å². The lowest BCUT2D eigenvalue weighted by molar-refractivity contribution is 0.260. The summed E-state index contributed by atoms with van der Waals surface area (Å²) >= 11 is 10.3. The second kappa shape index (κ2) is 4.51. The molecule has 0 bridgehead atoms. The van der Waals surface area contributed by atoms with Crippen molar-refractivity contribution in [2.75, 3.05) is 13.2 Å². The molecule has 1 saturated heterocycles. The zero-order valence-corrected chi connectivity index (χ0v) is 11.9. The predicted octanol–water partition coefficient (Wildman–Crippen LogP) is 3.75. The molecule has 2 nitrogen and oxygen atoms in total. The Hall–Kier alpha value is 0.420. The van der Waals surface area contributed by atoms with Crippen LogP contribution in [0.2, 0.25) is 0 Å². The van der Waals surface area contributed by atoms with Gasteiger partial charge in [-0.2, -0.15) is 0 Å². The number of benzene rings is 1. The molecule has 1 fully saturated rings. The molecule has 0 N–H and O–H groups in total. The van der Waals surface area contributed by atoms with Gasteiger partial charge in [0.15, 0.2) is 0 Å². The van der Waals surface area contributed by atoms with Gasteiger partial charge in [0.2, 0.25) is 0 Å². The largest absolute Gasteiger partial charge is 0.488 e. The zero-order chi connectivity index (χ0) is 10.1. The third-order valence-corrected chi connectivity index (χ3v) is 3.41. The molecular weight excluding hydrogens is 380 g/mol. The first-order valence-corrected chi connectivity index (χ1v) is 6.43. The molecule has 1 aliphatic heterocycles. The highest BCUT2D eigenvalue weighted by Gasteiger charge is 2.24. The highest BCUT2D eigenvalue weighted by atomic mass is 79.9. The van der Waals surface area contributed by atoms with Crippen molar-refractivity contribution >= 4 is 47.8 Å². The SMILES string of the molecule is Brc1cc(Br)c(OC[C@H]2CO2)c(Br)c1. The lowest BCUT2D eigenvalue weighted by Crippen LogP contribution is -2.04. The van der Waals surface area contributed by atoms with Crippen molar-refractivity contribution in [1.82, 2.24) is 0 Å². The topological polar surface area (TPSA) is 21.8 Å². The fraction of sp³-hybridized carbons (Fsp3) is 0.333. The van der Waals surface area contributed by atoms with Gasteiger partial charge in [-0.15, -0.1) is 0 Å². The van der Waals surface area contributed by atoms with Crippen LogP contribution >= 0.6 is 47.8 Å². The summed E-state index contributed by atoms with van der Waals surface area (Å²) in [4.78, 5) is 0. The molecule has 1 atom stereocenters. The Bertz CT molecular complexity index is 327. The molecule has 76 valence electrons. The summed E-state index contributed by atoms with van der Waals surface area (Å²) in [6.07, 6.45) is 0.275. The average Bonchev–Trinajstić information content (AvgIpc) is 2.85. The van der Waals surface area contributed by atoms with E-state index in [1.54, 1.807) is 0 Å². The van der Waals surface area contributed by atoms with E-state index in [0.29, 0.717) is 6.61 Å². The maximum Gasteiger partial charge on any atom is 0.147 e. The van der Waals surface area contributed by atoms with Gasteiger partial charge in [-0.05, 0) is 44.0 Å². The molecule has 0 unspecified atom stereocenters. The first kappa shape index (κ1) is 10.9. The molecule has 14 heavy (non-hydrogen) atoms. The van der Waals surface area contributed by atoms with Gasteiger partial charge < -0.3 is 9.47 Å². The van der Waals surface area contributed by atoms with Crippen molar-refractivity contribution in [1.29, 1.82) is 0 Å². The lowest BCUT2D eigenvalue weighted by atomic mass is 10.3. The van der Waals surface area contributed by atoms with E-state index in [-0.39, 0.29) is 6.10 Å². The number of epoxide rings is 1. The third kappa shape index (κ3) is 2.72. The minimum Gasteiger partial charge on any atom is -0.488 e. The van der Waals surface area contributed by atoms with Gasteiger partial charge in [0.1, 0.15) is 18.5 Å². The summed E-state index contributed by atoms with van der Waals surface area (Å²) in [5, 5.41) is 0. The number of ether oxygens (including phenoxy) is 2. The fourth-order valence-electron chi connectivity index (χ4n) is 1.01. The van der Waals surface area contributed by atoms with E-state index in [1.165, 1.54) is 0 Å². The summed E-state index contributed by atoms with van der Waals surface area (Å²) < 4.78 is 13.5. The molecule has 0 radical (unpaired) electrons. The monoisotopic (exact) mass is 384 g/mol. The smallest absolute Gasteiger partial charge is 0.147 e. The molecular formula is C9H7Br3O2. The van der Waals surface area contributed by atoms with E-state index in [1.807, 2.05) is 12.1 Å². The first-order chi connectivity index (χ1) is 6.66. The molecule has 0 aromatic heterocycles. The molecule has 2 rings (SSSR count). The van der Waals surface area contributed by atoms with Gasteiger partial charge in [-0.3, -0.25) is 0 Å². The summed E-state index contributed by atoms with van der Waals surface area (Å²) in [5.41, 5.74) is 0. The van der Waals surface area contributed by atoms with Crippen LogP contribution in [0.25, 0.3) is 0 Å². The van der Waals surface area contributed by atoms with Crippen LogP contribution < -0.4 is 4.74 Å². The van der Waals surface area contributed by atoms with Crippen molar-refractivity contribution in [3.05, 3.63) is 25.6 Å². The number of hydrogen-bond donors (Lipinski definition) is 0. The molecule has 1 aliphatic rings. The Labute approximate surface area is 107 Å². The Morgan fingerprint density at radius 3 is 2.36 bits per heavy atom. The van der Waals surface area contributed by atoms with E-state index < -0.39 is 0 Å². The summed E-state index contributed by atoms with van der Waals surface area (Å²) in [5.74, 6) is 0.823. The fourth-order valence-corrected chi connectivity index (χ4v) is 3.49. The van der Waals surface area contributed by atoms with E-state index in [0.717, 1.165) is 25.8 Å². The molecule has 1 heterocycles. The zero-order valence-electron chi connectivity index (χ0n) is 7.10. The van der Waals surface area contributed by atoms with Crippen LogP contribution in [-0.4, -0.2) is 19.3 Å². The molecule has 1 aromatic carbocycles. The maximum absolute atomic E-state index is 5.61. The Kier molecular flexibility index (Phi) is 3.52. The van der Waals surface area contributed by atoms with Gasteiger partial charge in [0.25, 0.3) is 0 Å². The predicted molar refractivity (Wildman–Crippen MR) is 64.8 cm³/mol. The summed E-state index contributed by atoms with van der Waals surface area (Å²) in [7, 11) is 0. The van der Waals surface area contributed by atoms with Crippen LogP contribution in [0.4, 0.5) is 0 Å². The Balaban J connectivity index is 2.13. The summed E-state index contributed by atoms with van der Waals surface area (Å²) in [6, 6.07) is 3.90. The van der Waals surface area contributed by atoms with Crippen molar-refractivity contribution in [2.24, 2.45) is 0 Å². The minimum atomic E-state index is 0.275. The van der Waals surface area contributed by atoms with Gasteiger partial charge in [-0.25, -0.2) is 0 Å². The Morgan fingerprint density at radius 2 is 1.86 bits per heavy atom. The quantitative estimate of drug-likeness (QED) is 0.738. The second-order valence-corrected chi connectivity index (χ2v) is 5.59. The van der Waals surface area contributed by atoms with Crippen LogP contribution in [0.5, 0.6) is 5.75 Å². The highest BCUT2D eigenvalue weighted by molar-refractivity contribution is 9.11. The normalized spacial score (nSPS) is 19.5. The van der Waals surface area contributed by atoms with E-state index in [9.17, 15) is 0 Å². The Morgan fingerprint density at radius 1 is 1.29 bits per heavy atom. The molecule has 0 saturated carbocycles. The summed E-state index contributed by atoms with van der Waals surface area (Å²) in [6.45, 7) is 1.42. The van der Waals surface area contributed by atoms with Crippen LogP contribution in [0.15, 0.2) is 25.6 Å². The number of halogens is 3. The highest BCUT2D eigenvalue weighted by Crippen LogP contribution is 2.36. The molecule has 0 spiro atoms. The van der Waals surface area contributed by atoms with Gasteiger partial charge in [0.05, 0.1) is 15.6 Å². The van der Waals surface area contributed by atoms with Gasteiger partial charge in [-0.1, -0.05) is 15.9 Å². The molecule has 0 aliphatic carbocycles. The first-order valence-electron chi connectivity index (χ1n) is 4.06. The average molecular weight is 387 g/mol. The van der Waals surface area contributed by atoms with Gasteiger partial charge >= 0.3 is 0 Å². The van der Waals surface area contributed by atoms with E-state index in [2.05, 4.69) is 47.8 Å². The number of hydrogen-bond acceptors (Lipinski definition) is 2. The maximum atomic E-state index is 5.61. The lowest BCUT2D eigenvalue weighted by Gasteiger charge is -2.09. The van der Waals surface area contributed by atoms with Crippen molar-refractivity contribution in [2.45, 2.75) is 6.10 Å². The van der Waals surface area contributed by atoms with Crippen molar-refractivity contribution in [3.8, 4) is 5.75 Å². The van der Waals surface area contributed by atoms with Crippen LogP contribution in [-0.2, 0) is 4.74 Å². The minimum absolute atomic E-state index is 0.275. The van der Waals surface area contributed by atoms with Crippen molar-refractivity contribution < 1.29 is 9.47 Å². The molecule has 0 amide bonds. The van der Waals surface area contributed by atoms with Crippen molar-refractivity contribution in [3.63, 3.8) is 0 Å². The van der Waals surface area contributed by atoms with E-state index in [4.69, 9.17) is 9.47 Å². The standard InChI is InChI=1S/C9H7Br3O2/c10-5-1-7(11)9(8(12)2-5)14-4-6-3-13-6/h1-2,6H,3-4H2/t6-/m1/s1. The third-order valence-electron chi connectivity index (χ3n) is 1.78. The molecule has 1 aromatic rings. The van der Waals surface area contributed by atoms with Crippen LogP contribution in [0, 0.1) is 0 Å². The second-order valence-electron chi connectivity index (χ2n) is 2.96.